The van der Waals surface area contributed by atoms with E-state index in [0.29, 0.717) is 11.4 Å². The Kier molecular flexibility index (Phi) is 4.51. The summed E-state index contributed by atoms with van der Waals surface area (Å²) in [6.45, 7) is 1.99. The number of fused-ring (bicyclic) bond motifs is 1. The molecule has 1 saturated heterocycles. The molecule has 25 heavy (non-hydrogen) atoms. The van der Waals surface area contributed by atoms with E-state index in [-0.39, 0.29) is 11.9 Å². The first-order valence-electron chi connectivity index (χ1n) is 8.74. The minimum Gasteiger partial charge on any atom is -0.362 e. The van der Waals surface area contributed by atoms with Crippen LogP contribution in [0.3, 0.4) is 0 Å². The number of aromatic nitrogens is 2. The summed E-state index contributed by atoms with van der Waals surface area (Å²) >= 11 is 0. The number of imidazole rings is 1. The van der Waals surface area contributed by atoms with Gasteiger partial charge in [0.2, 0.25) is 0 Å². The normalized spacial score (nSPS) is 17.8. The van der Waals surface area contributed by atoms with E-state index in [4.69, 9.17) is 4.74 Å². The molecule has 1 unspecified atom stereocenters. The molecule has 1 aliphatic rings. The molecule has 3 aromatic rings. The third kappa shape index (κ3) is 3.43. The Morgan fingerprint density at radius 2 is 1.84 bits per heavy atom. The number of likely N-dealkylation sites (tertiary alicyclic amines) is 1. The van der Waals surface area contributed by atoms with E-state index < -0.39 is 6.10 Å². The second kappa shape index (κ2) is 6.94. The molecule has 1 aromatic heterocycles. The smallest absolute Gasteiger partial charge is 0.143 e. The Hall–Kier alpha value is -2.24. The highest BCUT2D eigenvalue weighted by Crippen LogP contribution is 2.31. The van der Waals surface area contributed by atoms with E-state index in [1.54, 1.807) is 12.1 Å². The third-order valence-electron chi connectivity index (χ3n) is 4.84. The SMILES string of the molecule is CN1CCC(OC(c2nc3ccccc3[nH]2)c2ccccc2F)CC1. The van der Waals surface area contributed by atoms with Gasteiger partial charge in [0.25, 0.3) is 0 Å². The molecule has 5 heteroatoms. The maximum Gasteiger partial charge on any atom is 0.143 e. The molecule has 0 radical (unpaired) electrons. The highest BCUT2D eigenvalue weighted by atomic mass is 19.1. The van der Waals surface area contributed by atoms with Gasteiger partial charge in [0.15, 0.2) is 0 Å². The lowest BCUT2D eigenvalue weighted by molar-refractivity contribution is -0.0276. The van der Waals surface area contributed by atoms with Crippen molar-refractivity contribution < 1.29 is 9.13 Å². The zero-order valence-electron chi connectivity index (χ0n) is 14.3. The molecule has 4 nitrogen and oxygen atoms in total. The van der Waals surface area contributed by atoms with Gasteiger partial charge in [-0.1, -0.05) is 30.3 Å². The number of piperidine rings is 1. The highest BCUT2D eigenvalue weighted by Gasteiger charge is 2.27. The van der Waals surface area contributed by atoms with Crippen LogP contribution in [-0.4, -0.2) is 41.1 Å². The number of para-hydroxylation sites is 2. The van der Waals surface area contributed by atoms with Gasteiger partial charge in [-0.2, -0.15) is 0 Å². The number of nitrogens with one attached hydrogen (secondary N) is 1. The summed E-state index contributed by atoms with van der Waals surface area (Å²) < 4.78 is 20.8. The fourth-order valence-corrected chi connectivity index (χ4v) is 3.38. The van der Waals surface area contributed by atoms with Gasteiger partial charge in [0.1, 0.15) is 17.7 Å². The average molecular weight is 339 g/mol. The van der Waals surface area contributed by atoms with Crippen LogP contribution < -0.4 is 0 Å². The van der Waals surface area contributed by atoms with E-state index >= 15 is 0 Å². The van der Waals surface area contributed by atoms with Gasteiger partial charge in [-0.15, -0.1) is 0 Å². The summed E-state index contributed by atoms with van der Waals surface area (Å²) in [6.07, 6.45) is 1.47. The number of aromatic amines is 1. The molecular formula is C20H22FN3O. The zero-order valence-corrected chi connectivity index (χ0v) is 14.3. The molecule has 130 valence electrons. The molecule has 0 aliphatic carbocycles. The summed E-state index contributed by atoms with van der Waals surface area (Å²) in [4.78, 5) is 10.3. The van der Waals surface area contributed by atoms with Crippen LogP contribution in [0.25, 0.3) is 11.0 Å². The summed E-state index contributed by atoms with van der Waals surface area (Å²) in [7, 11) is 2.11. The summed E-state index contributed by atoms with van der Waals surface area (Å²) in [5.41, 5.74) is 2.33. The molecule has 0 amide bonds. The van der Waals surface area contributed by atoms with Crippen LogP contribution in [0.15, 0.2) is 48.5 Å². The number of rotatable bonds is 4. The first-order chi connectivity index (χ1) is 12.2. The van der Waals surface area contributed by atoms with Gasteiger partial charge in [0, 0.05) is 18.7 Å². The van der Waals surface area contributed by atoms with Crippen LogP contribution >= 0.6 is 0 Å². The van der Waals surface area contributed by atoms with Crippen LogP contribution in [0.2, 0.25) is 0 Å². The second-order valence-corrected chi connectivity index (χ2v) is 6.68. The monoisotopic (exact) mass is 339 g/mol. The molecule has 4 rings (SSSR count). The molecule has 0 spiro atoms. The summed E-state index contributed by atoms with van der Waals surface area (Å²) in [5, 5.41) is 0. The molecule has 0 saturated carbocycles. The largest absolute Gasteiger partial charge is 0.362 e. The van der Waals surface area contributed by atoms with Gasteiger partial charge in [-0.25, -0.2) is 9.37 Å². The highest BCUT2D eigenvalue weighted by molar-refractivity contribution is 5.74. The van der Waals surface area contributed by atoms with Crippen molar-refractivity contribution in [1.29, 1.82) is 0 Å². The third-order valence-corrected chi connectivity index (χ3v) is 4.84. The maximum atomic E-state index is 14.5. The number of benzene rings is 2. The molecule has 0 bridgehead atoms. The van der Waals surface area contributed by atoms with E-state index in [0.717, 1.165) is 37.0 Å². The van der Waals surface area contributed by atoms with Crippen molar-refractivity contribution in [3.8, 4) is 0 Å². The van der Waals surface area contributed by atoms with Gasteiger partial charge in [-0.3, -0.25) is 0 Å². The molecule has 1 atom stereocenters. The number of nitrogens with zero attached hydrogens (tertiary/aromatic N) is 2. The minimum absolute atomic E-state index is 0.106. The molecule has 2 aromatic carbocycles. The lowest BCUT2D eigenvalue weighted by Crippen LogP contribution is -2.35. The van der Waals surface area contributed by atoms with E-state index in [2.05, 4.69) is 21.9 Å². The van der Waals surface area contributed by atoms with Crippen LogP contribution in [0.5, 0.6) is 0 Å². The number of H-pyrrole nitrogens is 1. The van der Waals surface area contributed by atoms with Gasteiger partial charge >= 0.3 is 0 Å². The summed E-state index contributed by atoms with van der Waals surface area (Å²) in [6, 6.07) is 14.6. The molecule has 2 heterocycles. The Morgan fingerprint density at radius 3 is 2.60 bits per heavy atom. The Balaban J connectivity index is 1.69. The summed E-state index contributed by atoms with van der Waals surface area (Å²) in [5.74, 6) is 0.395. The number of hydrogen-bond donors (Lipinski definition) is 1. The Labute approximate surface area is 146 Å². The van der Waals surface area contributed by atoms with Crippen molar-refractivity contribution >= 4 is 11.0 Å². The minimum atomic E-state index is -0.526. The Morgan fingerprint density at radius 1 is 1.12 bits per heavy atom. The van der Waals surface area contributed by atoms with Crippen molar-refractivity contribution in [3.63, 3.8) is 0 Å². The van der Waals surface area contributed by atoms with Crippen LogP contribution in [-0.2, 0) is 4.74 Å². The first-order valence-corrected chi connectivity index (χ1v) is 8.74. The van der Waals surface area contributed by atoms with Crippen molar-refractivity contribution in [2.24, 2.45) is 0 Å². The number of ether oxygens (including phenoxy) is 1. The fraction of sp³-hybridized carbons (Fsp3) is 0.350. The Bertz CT molecular complexity index is 822. The predicted molar refractivity (Wildman–Crippen MR) is 95.9 cm³/mol. The lowest BCUT2D eigenvalue weighted by atomic mass is 10.1. The first kappa shape index (κ1) is 16.2. The fourth-order valence-electron chi connectivity index (χ4n) is 3.38. The van der Waals surface area contributed by atoms with E-state index in [1.807, 2.05) is 30.3 Å². The molecule has 1 aliphatic heterocycles. The van der Waals surface area contributed by atoms with Crippen molar-refractivity contribution in [2.45, 2.75) is 25.0 Å². The van der Waals surface area contributed by atoms with Crippen LogP contribution in [0.1, 0.15) is 30.3 Å². The number of hydrogen-bond acceptors (Lipinski definition) is 3. The van der Waals surface area contributed by atoms with Crippen molar-refractivity contribution in [2.75, 3.05) is 20.1 Å². The van der Waals surface area contributed by atoms with Gasteiger partial charge < -0.3 is 14.6 Å². The van der Waals surface area contributed by atoms with Crippen molar-refractivity contribution in [3.05, 3.63) is 65.7 Å². The maximum absolute atomic E-state index is 14.5. The van der Waals surface area contributed by atoms with Crippen LogP contribution in [0, 0.1) is 5.82 Å². The zero-order chi connectivity index (χ0) is 17.2. The average Bonchev–Trinajstić information content (AvgIpc) is 3.06. The molecular weight excluding hydrogens is 317 g/mol. The quantitative estimate of drug-likeness (QED) is 0.784. The molecule has 1 fully saturated rings. The standard InChI is InChI=1S/C20H22FN3O/c1-24-12-10-14(11-13-24)25-19(15-6-2-3-7-16(15)21)20-22-17-8-4-5-9-18(17)23-20/h2-9,14,19H,10-13H2,1H3,(H,22,23). The predicted octanol–water partition coefficient (Wildman–Crippen LogP) is 3.90. The second-order valence-electron chi connectivity index (χ2n) is 6.68. The number of halogens is 1. The molecule has 1 N–H and O–H groups in total. The van der Waals surface area contributed by atoms with Gasteiger partial charge in [0.05, 0.1) is 17.1 Å². The van der Waals surface area contributed by atoms with E-state index in [9.17, 15) is 4.39 Å². The van der Waals surface area contributed by atoms with E-state index in [1.165, 1.54) is 6.07 Å². The van der Waals surface area contributed by atoms with Crippen molar-refractivity contribution in [1.82, 2.24) is 14.9 Å². The van der Waals surface area contributed by atoms with Crippen LogP contribution in [0.4, 0.5) is 4.39 Å². The van der Waals surface area contributed by atoms with Gasteiger partial charge in [-0.05, 0) is 38.1 Å². The topological polar surface area (TPSA) is 41.1 Å². The lowest BCUT2D eigenvalue weighted by Gasteiger charge is -2.31.